The van der Waals surface area contributed by atoms with Crippen LogP contribution in [0.2, 0.25) is 10.0 Å². The topological polar surface area (TPSA) is 67.9 Å². The highest BCUT2D eigenvalue weighted by atomic mass is 35.5. The van der Waals surface area contributed by atoms with Gasteiger partial charge in [-0.15, -0.1) is 0 Å². The Hall–Kier alpha value is -2.44. The number of halogens is 2. The van der Waals surface area contributed by atoms with Crippen molar-refractivity contribution < 1.29 is 19.1 Å². The number of rotatable bonds is 8. The number of benzene rings is 2. The molecular weight excluding hydrogens is 439 g/mol. The molecule has 1 atom stereocenters. The van der Waals surface area contributed by atoms with E-state index in [-0.39, 0.29) is 25.0 Å². The Bertz CT molecular complexity index is 911. The lowest BCUT2D eigenvalue weighted by Crippen LogP contribution is -2.53. The second-order valence-corrected chi connectivity index (χ2v) is 8.98. The van der Waals surface area contributed by atoms with E-state index in [2.05, 4.69) is 5.32 Å². The van der Waals surface area contributed by atoms with Crippen LogP contribution in [0, 0.1) is 0 Å². The first kappa shape index (κ1) is 24.8. The molecule has 2 rings (SSSR count). The van der Waals surface area contributed by atoms with Gasteiger partial charge in [-0.25, -0.2) is 0 Å². The zero-order chi connectivity index (χ0) is 23.2. The summed E-state index contributed by atoms with van der Waals surface area (Å²) in [6.45, 7) is 7.23. The SMILES string of the molecule is COc1ccc(OCC(=O)N(Cc2ccc(Cl)cc2Cl)C(C)C(=O)NC(C)(C)C)cc1. The fourth-order valence-corrected chi connectivity index (χ4v) is 3.26. The van der Waals surface area contributed by atoms with Crippen LogP contribution in [0.25, 0.3) is 0 Å². The summed E-state index contributed by atoms with van der Waals surface area (Å²) in [5.74, 6) is 0.587. The molecule has 168 valence electrons. The molecule has 0 saturated carbocycles. The molecule has 0 spiro atoms. The van der Waals surface area contributed by atoms with Crippen LogP contribution in [0.5, 0.6) is 11.5 Å². The van der Waals surface area contributed by atoms with Gasteiger partial charge in [0.1, 0.15) is 17.5 Å². The fourth-order valence-electron chi connectivity index (χ4n) is 2.79. The molecule has 2 amide bonds. The number of ether oxygens (including phenoxy) is 2. The minimum absolute atomic E-state index is 0.138. The lowest BCUT2D eigenvalue weighted by Gasteiger charge is -2.31. The maximum Gasteiger partial charge on any atom is 0.261 e. The number of nitrogens with one attached hydrogen (secondary N) is 1. The minimum Gasteiger partial charge on any atom is -0.497 e. The first-order valence-corrected chi connectivity index (χ1v) is 10.6. The molecule has 0 aromatic heterocycles. The van der Waals surface area contributed by atoms with Crippen LogP contribution in [0.3, 0.4) is 0 Å². The summed E-state index contributed by atoms with van der Waals surface area (Å²) >= 11 is 12.3. The molecule has 0 aliphatic rings. The molecule has 1 unspecified atom stereocenters. The second kappa shape index (κ2) is 10.7. The molecule has 1 N–H and O–H groups in total. The smallest absolute Gasteiger partial charge is 0.261 e. The van der Waals surface area contributed by atoms with Gasteiger partial charge in [0.25, 0.3) is 5.91 Å². The van der Waals surface area contributed by atoms with Crippen LogP contribution in [0.1, 0.15) is 33.3 Å². The van der Waals surface area contributed by atoms with Crippen LogP contribution < -0.4 is 14.8 Å². The van der Waals surface area contributed by atoms with Crippen molar-refractivity contribution in [2.24, 2.45) is 0 Å². The Labute approximate surface area is 193 Å². The predicted octanol–water partition coefficient (Wildman–Crippen LogP) is 4.71. The summed E-state index contributed by atoms with van der Waals surface area (Å²) in [6, 6.07) is 11.2. The number of carbonyl (C=O) groups is 2. The van der Waals surface area contributed by atoms with E-state index < -0.39 is 11.6 Å². The Morgan fingerprint density at radius 3 is 2.23 bits per heavy atom. The van der Waals surface area contributed by atoms with E-state index in [0.29, 0.717) is 27.1 Å². The van der Waals surface area contributed by atoms with Gasteiger partial charge in [-0.1, -0.05) is 29.3 Å². The van der Waals surface area contributed by atoms with E-state index in [1.54, 1.807) is 56.5 Å². The van der Waals surface area contributed by atoms with Crippen molar-refractivity contribution >= 4 is 35.0 Å². The van der Waals surface area contributed by atoms with E-state index in [1.165, 1.54) is 4.90 Å². The Kier molecular flexibility index (Phi) is 8.60. The summed E-state index contributed by atoms with van der Waals surface area (Å²) < 4.78 is 10.8. The van der Waals surface area contributed by atoms with Crippen LogP contribution in [-0.4, -0.2) is 42.0 Å². The van der Waals surface area contributed by atoms with Crippen LogP contribution in [-0.2, 0) is 16.1 Å². The molecule has 0 heterocycles. The zero-order valence-electron chi connectivity index (χ0n) is 18.4. The second-order valence-electron chi connectivity index (χ2n) is 8.14. The molecule has 31 heavy (non-hydrogen) atoms. The number of nitrogens with zero attached hydrogens (tertiary/aromatic N) is 1. The minimum atomic E-state index is -0.738. The monoisotopic (exact) mass is 466 g/mol. The van der Waals surface area contributed by atoms with Crippen molar-refractivity contribution in [3.05, 3.63) is 58.1 Å². The molecular formula is C23H28Cl2N2O4. The molecule has 0 aliphatic heterocycles. The largest absolute Gasteiger partial charge is 0.497 e. The van der Waals surface area contributed by atoms with Crippen molar-refractivity contribution in [1.82, 2.24) is 10.2 Å². The average molecular weight is 467 g/mol. The molecule has 0 bridgehead atoms. The van der Waals surface area contributed by atoms with Gasteiger partial charge in [-0.05, 0) is 69.7 Å². The molecule has 0 saturated heterocycles. The fraction of sp³-hybridized carbons (Fsp3) is 0.391. The van der Waals surface area contributed by atoms with Gasteiger partial charge in [-0.3, -0.25) is 9.59 Å². The maximum absolute atomic E-state index is 13.1. The third kappa shape index (κ3) is 7.64. The molecule has 6 nitrogen and oxygen atoms in total. The maximum atomic E-state index is 13.1. The van der Waals surface area contributed by atoms with Gasteiger partial charge in [0.05, 0.1) is 7.11 Å². The van der Waals surface area contributed by atoms with Crippen molar-refractivity contribution in [2.75, 3.05) is 13.7 Å². The molecule has 0 radical (unpaired) electrons. The standard InChI is InChI=1S/C23H28Cl2N2O4/c1-15(22(29)26-23(2,3)4)27(13-16-6-7-17(24)12-20(16)25)21(28)14-31-19-10-8-18(30-5)9-11-19/h6-12,15H,13-14H2,1-5H3,(H,26,29). The summed E-state index contributed by atoms with van der Waals surface area (Å²) in [5, 5.41) is 3.82. The summed E-state index contributed by atoms with van der Waals surface area (Å²) in [7, 11) is 1.57. The number of hydrogen-bond donors (Lipinski definition) is 1. The average Bonchev–Trinajstić information content (AvgIpc) is 2.70. The van der Waals surface area contributed by atoms with Gasteiger partial charge in [0.15, 0.2) is 6.61 Å². The molecule has 2 aromatic rings. The van der Waals surface area contributed by atoms with Gasteiger partial charge in [-0.2, -0.15) is 0 Å². The van der Waals surface area contributed by atoms with E-state index >= 15 is 0 Å². The van der Waals surface area contributed by atoms with E-state index in [9.17, 15) is 9.59 Å². The van der Waals surface area contributed by atoms with Crippen molar-refractivity contribution in [2.45, 2.75) is 45.8 Å². The lowest BCUT2D eigenvalue weighted by molar-refractivity contribution is -0.142. The Morgan fingerprint density at radius 2 is 1.68 bits per heavy atom. The highest BCUT2D eigenvalue weighted by molar-refractivity contribution is 6.35. The molecule has 0 fully saturated rings. The highest BCUT2D eigenvalue weighted by Crippen LogP contribution is 2.24. The van der Waals surface area contributed by atoms with Gasteiger partial charge in [0.2, 0.25) is 5.91 Å². The number of amides is 2. The first-order valence-electron chi connectivity index (χ1n) is 9.82. The normalized spacial score (nSPS) is 12.1. The molecule has 8 heteroatoms. The predicted molar refractivity (Wildman–Crippen MR) is 123 cm³/mol. The van der Waals surface area contributed by atoms with E-state index in [0.717, 1.165) is 0 Å². The third-order valence-corrected chi connectivity index (χ3v) is 5.03. The third-order valence-electron chi connectivity index (χ3n) is 4.44. The molecule has 0 aliphatic carbocycles. The van der Waals surface area contributed by atoms with Crippen LogP contribution in [0.4, 0.5) is 0 Å². The number of methoxy groups -OCH3 is 1. The number of carbonyl (C=O) groups excluding carboxylic acids is 2. The van der Waals surface area contributed by atoms with Crippen LogP contribution >= 0.6 is 23.2 Å². The van der Waals surface area contributed by atoms with Gasteiger partial charge < -0.3 is 19.7 Å². The summed E-state index contributed by atoms with van der Waals surface area (Å²) in [5.41, 5.74) is 0.247. The van der Waals surface area contributed by atoms with Gasteiger partial charge >= 0.3 is 0 Å². The molecule has 2 aromatic carbocycles. The van der Waals surface area contributed by atoms with Crippen LogP contribution in [0.15, 0.2) is 42.5 Å². The van der Waals surface area contributed by atoms with Gasteiger partial charge in [0, 0.05) is 22.1 Å². The summed E-state index contributed by atoms with van der Waals surface area (Å²) in [4.78, 5) is 27.3. The number of hydrogen-bond acceptors (Lipinski definition) is 4. The summed E-state index contributed by atoms with van der Waals surface area (Å²) in [6.07, 6.45) is 0. The first-order chi connectivity index (χ1) is 14.5. The lowest BCUT2D eigenvalue weighted by atomic mass is 10.1. The Balaban J connectivity index is 2.19. The van der Waals surface area contributed by atoms with E-state index in [1.807, 2.05) is 20.8 Å². The van der Waals surface area contributed by atoms with Crippen molar-refractivity contribution in [3.8, 4) is 11.5 Å². The van der Waals surface area contributed by atoms with E-state index in [4.69, 9.17) is 32.7 Å². The van der Waals surface area contributed by atoms with Crippen molar-refractivity contribution in [3.63, 3.8) is 0 Å². The highest BCUT2D eigenvalue weighted by Gasteiger charge is 2.29. The zero-order valence-corrected chi connectivity index (χ0v) is 19.9. The van der Waals surface area contributed by atoms with Crippen molar-refractivity contribution in [1.29, 1.82) is 0 Å². The quantitative estimate of drug-likeness (QED) is 0.611. The Morgan fingerprint density at radius 1 is 1.06 bits per heavy atom.